The molecule has 0 aliphatic heterocycles. The van der Waals surface area contributed by atoms with Crippen LogP contribution in [0.15, 0.2) is 18.2 Å². The van der Waals surface area contributed by atoms with Crippen molar-refractivity contribution in [3.05, 3.63) is 34.3 Å². The van der Waals surface area contributed by atoms with Crippen LogP contribution >= 0.6 is 23.8 Å². The van der Waals surface area contributed by atoms with E-state index in [0.29, 0.717) is 11.0 Å². The molecule has 1 aromatic rings. The fourth-order valence-electron chi connectivity index (χ4n) is 1.28. The van der Waals surface area contributed by atoms with Gasteiger partial charge in [-0.2, -0.15) is 0 Å². The van der Waals surface area contributed by atoms with Crippen LogP contribution in [0.3, 0.4) is 0 Å². The van der Waals surface area contributed by atoms with Crippen molar-refractivity contribution in [1.82, 2.24) is 4.90 Å². The van der Waals surface area contributed by atoms with E-state index in [2.05, 4.69) is 25.8 Å². The Morgan fingerprint density at radius 3 is 2.56 bits per heavy atom. The van der Waals surface area contributed by atoms with Crippen molar-refractivity contribution in [1.29, 1.82) is 0 Å². The van der Waals surface area contributed by atoms with Gasteiger partial charge in [0.1, 0.15) is 4.99 Å². The summed E-state index contributed by atoms with van der Waals surface area (Å²) in [5.74, 6) is 0. The van der Waals surface area contributed by atoms with E-state index >= 15 is 0 Å². The van der Waals surface area contributed by atoms with Gasteiger partial charge in [0.2, 0.25) is 0 Å². The van der Waals surface area contributed by atoms with Gasteiger partial charge in [-0.15, -0.1) is 0 Å². The van der Waals surface area contributed by atoms with E-state index in [1.807, 2.05) is 18.2 Å². The van der Waals surface area contributed by atoms with Gasteiger partial charge in [-0.1, -0.05) is 36.0 Å². The van der Waals surface area contributed by atoms with Gasteiger partial charge in [0.15, 0.2) is 0 Å². The molecule has 0 unspecified atom stereocenters. The first kappa shape index (κ1) is 13.4. The number of rotatable bonds is 4. The van der Waals surface area contributed by atoms with Gasteiger partial charge in [-0.05, 0) is 32.5 Å². The Morgan fingerprint density at radius 2 is 2.12 bits per heavy atom. The zero-order chi connectivity index (χ0) is 12.3. The van der Waals surface area contributed by atoms with Crippen LogP contribution < -0.4 is 5.73 Å². The van der Waals surface area contributed by atoms with E-state index in [1.54, 1.807) is 0 Å². The maximum Gasteiger partial charge on any atom is 0.104 e. The number of benzene rings is 1. The Bertz CT molecular complexity index is 391. The summed E-state index contributed by atoms with van der Waals surface area (Å²) >= 11 is 11.1. The fraction of sp³-hybridized carbons (Fsp3) is 0.417. The van der Waals surface area contributed by atoms with Crippen molar-refractivity contribution in [3.8, 4) is 0 Å². The lowest BCUT2D eigenvalue weighted by atomic mass is 10.1. The molecule has 0 saturated carbocycles. The first-order valence-electron chi connectivity index (χ1n) is 5.20. The Balaban J connectivity index is 2.87. The van der Waals surface area contributed by atoms with Crippen molar-refractivity contribution < 1.29 is 0 Å². The summed E-state index contributed by atoms with van der Waals surface area (Å²) in [6, 6.07) is 6.21. The lowest BCUT2D eigenvalue weighted by Crippen LogP contribution is -2.25. The summed E-state index contributed by atoms with van der Waals surface area (Å²) in [6.07, 6.45) is 0. The van der Waals surface area contributed by atoms with E-state index in [0.717, 1.165) is 22.7 Å². The summed E-state index contributed by atoms with van der Waals surface area (Å²) in [4.78, 5) is 2.60. The normalized spacial score (nSPS) is 11.1. The van der Waals surface area contributed by atoms with Crippen LogP contribution in [-0.2, 0) is 6.54 Å². The predicted octanol–water partition coefficient (Wildman–Crippen LogP) is 2.81. The molecule has 0 aliphatic carbocycles. The second-order valence-corrected chi connectivity index (χ2v) is 5.03. The average Bonchev–Trinajstić information content (AvgIpc) is 2.20. The van der Waals surface area contributed by atoms with E-state index in [4.69, 9.17) is 29.6 Å². The molecule has 0 spiro atoms. The average molecular weight is 257 g/mol. The van der Waals surface area contributed by atoms with Crippen LogP contribution in [-0.4, -0.2) is 23.0 Å². The molecule has 0 fully saturated rings. The number of thiocarbonyl (C=S) groups is 1. The molecule has 0 aromatic heterocycles. The summed E-state index contributed by atoms with van der Waals surface area (Å²) in [7, 11) is 2.07. The summed E-state index contributed by atoms with van der Waals surface area (Å²) < 4.78 is 0. The first-order valence-corrected chi connectivity index (χ1v) is 5.99. The molecule has 0 atom stereocenters. The molecule has 0 aliphatic rings. The van der Waals surface area contributed by atoms with Crippen LogP contribution in [0.4, 0.5) is 0 Å². The van der Waals surface area contributed by atoms with Gasteiger partial charge in [-0.25, -0.2) is 0 Å². The van der Waals surface area contributed by atoms with Crippen molar-refractivity contribution in [3.63, 3.8) is 0 Å². The van der Waals surface area contributed by atoms with Crippen LogP contribution in [0.2, 0.25) is 5.02 Å². The Hall–Kier alpha value is -0.640. The van der Waals surface area contributed by atoms with Crippen molar-refractivity contribution in [2.75, 3.05) is 7.05 Å². The number of hydrogen-bond acceptors (Lipinski definition) is 2. The summed E-state index contributed by atoms with van der Waals surface area (Å²) in [5, 5.41) is 0.720. The van der Waals surface area contributed by atoms with E-state index in [-0.39, 0.29) is 0 Å². The monoisotopic (exact) mass is 256 g/mol. The Morgan fingerprint density at radius 1 is 1.50 bits per heavy atom. The van der Waals surface area contributed by atoms with Crippen LogP contribution in [0.1, 0.15) is 25.0 Å². The number of nitrogens with zero attached hydrogens (tertiary/aromatic N) is 1. The third-order valence-electron chi connectivity index (χ3n) is 2.64. The SMILES string of the molecule is CC(C)N(C)Cc1ccc(C(N)=S)cc1Cl. The molecule has 2 nitrogen and oxygen atoms in total. The van der Waals surface area contributed by atoms with Gasteiger partial charge < -0.3 is 5.73 Å². The molecule has 0 amide bonds. The molecule has 88 valence electrons. The van der Waals surface area contributed by atoms with E-state index < -0.39 is 0 Å². The first-order chi connectivity index (χ1) is 7.41. The minimum atomic E-state index is 0.380. The van der Waals surface area contributed by atoms with Gasteiger partial charge in [0.05, 0.1) is 0 Å². The Kier molecular flexibility index (Phi) is 4.71. The molecule has 0 heterocycles. The minimum absolute atomic E-state index is 0.380. The van der Waals surface area contributed by atoms with Crippen molar-refractivity contribution >= 4 is 28.8 Å². The Labute approximate surface area is 107 Å². The molecular weight excluding hydrogens is 240 g/mol. The lowest BCUT2D eigenvalue weighted by molar-refractivity contribution is 0.266. The quantitative estimate of drug-likeness (QED) is 0.840. The maximum absolute atomic E-state index is 6.18. The molecule has 0 bridgehead atoms. The number of halogens is 1. The van der Waals surface area contributed by atoms with Gasteiger partial charge in [0, 0.05) is 23.2 Å². The highest BCUT2D eigenvalue weighted by molar-refractivity contribution is 7.80. The largest absolute Gasteiger partial charge is 0.389 e. The molecule has 2 N–H and O–H groups in total. The highest BCUT2D eigenvalue weighted by Crippen LogP contribution is 2.20. The van der Waals surface area contributed by atoms with Gasteiger partial charge >= 0.3 is 0 Å². The molecule has 1 rings (SSSR count). The van der Waals surface area contributed by atoms with Crippen molar-refractivity contribution in [2.45, 2.75) is 26.4 Å². The summed E-state index contributed by atoms with van der Waals surface area (Å²) in [5.41, 5.74) is 7.46. The second-order valence-electron chi connectivity index (χ2n) is 4.18. The van der Waals surface area contributed by atoms with Gasteiger partial charge in [0.25, 0.3) is 0 Å². The van der Waals surface area contributed by atoms with Crippen molar-refractivity contribution in [2.24, 2.45) is 5.73 Å². The highest BCUT2D eigenvalue weighted by Gasteiger charge is 2.08. The minimum Gasteiger partial charge on any atom is -0.389 e. The van der Waals surface area contributed by atoms with E-state index in [1.165, 1.54) is 0 Å². The van der Waals surface area contributed by atoms with Crippen LogP contribution in [0.25, 0.3) is 0 Å². The topological polar surface area (TPSA) is 29.3 Å². The number of hydrogen-bond donors (Lipinski definition) is 1. The third-order valence-corrected chi connectivity index (χ3v) is 3.23. The lowest BCUT2D eigenvalue weighted by Gasteiger charge is -2.21. The number of nitrogens with two attached hydrogens (primary N) is 1. The zero-order valence-corrected chi connectivity index (χ0v) is 11.4. The second kappa shape index (κ2) is 5.62. The smallest absolute Gasteiger partial charge is 0.104 e. The molecule has 0 radical (unpaired) electrons. The molecule has 16 heavy (non-hydrogen) atoms. The van der Waals surface area contributed by atoms with Crippen LogP contribution in [0, 0.1) is 0 Å². The van der Waals surface area contributed by atoms with Gasteiger partial charge in [-0.3, -0.25) is 4.90 Å². The zero-order valence-electron chi connectivity index (χ0n) is 9.83. The highest BCUT2D eigenvalue weighted by atomic mass is 35.5. The molecular formula is C12H17ClN2S. The summed E-state index contributed by atoms with van der Waals surface area (Å²) in [6.45, 7) is 5.13. The van der Waals surface area contributed by atoms with E-state index in [9.17, 15) is 0 Å². The molecule has 4 heteroatoms. The predicted molar refractivity (Wildman–Crippen MR) is 73.9 cm³/mol. The molecule has 1 aromatic carbocycles. The fourth-order valence-corrected chi connectivity index (χ4v) is 1.65. The third kappa shape index (κ3) is 3.44. The van der Waals surface area contributed by atoms with Crippen LogP contribution in [0.5, 0.6) is 0 Å². The standard InChI is InChI=1S/C12H17ClN2S/c1-8(2)15(3)7-10-5-4-9(12(14)16)6-11(10)13/h4-6,8H,7H2,1-3H3,(H2,14,16). The maximum atomic E-state index is 6.18. The molecule has 0 saturated heterocycles.